The number of aliphatic hydroxyl groups is 1. The zero-order valence-electron chi connectivity index (χ0n) is 9.32. The van der Waals surface area contributed by atoms with Gasteiger partial charge in [-0.25, -0.2) is 4.79 Å². The van der Waals surface area contributed by atoms with E-state index in [0.717, 1.165) is 12.7 Å². The van der Waals surface area contributed by atoms with Gasteiger partial charge < -0.3 is 15.2 Å². The van der Waals surface area contributed by atoms with Gasteiger partial charge >= 0.3 is 5.97 Å². The predicted molar refractivity (Wildman–Crippen MR) is 64.4 cm³/mol. The van der Waals surface area contributed by atoms with E-state index in [0.29, 0.717) is 9.90 Å². The minimum absolute atomic E-state index is 0.210. The highest BCUT2D eigenvalue weighted by molar-refractivity contribution is 7.13. The lowest BCUT2D eigenvalue weighted by molar-refractivity contribution is -0.149. The summed E-state index contributed by atoms with van der Waals surface area (Å²) in [6.07, 6.45) is -1.37. The van der Waals surface area contributed by atoms with Crippen LogP contribution in [0.1, 0.15) is 15.2 Å². The first-order chi connectivity index (χ1) is 7.97. The first kappa shape index (κ1) is 14.0. The first-order valence-electron chi connectivity index (χ1n) is 4.75. The van der Waals surface area contributed by atoms with Gasteiger partial charge in [0, 0.05) is 0 Å². The molecule has 0 aromatic carbocycles. The van der Waals surface area contributed by atoms with Gasteiger partial charge in [0.1, 0.15) is 4.88 Å². The van der Waals surface area contributed by atoms with Gasteiger partial charge in [0.15, 0.2) is 6.10 Å². The molecule has 1 aromatic heterocycles. The lowest BCUT2D eigenvalue weighted by atomic mass is 10.3. The van der Waals surface area contributed by atoms with Crippen LogP contribution in [-0.4, -0.2) is 36.7 Å². The van der Waals surface area contributed by atoms with E-state index in [9.17, 15) is 14.7 Å². The van der Waals surface area contributed by atoms with Gasteiger partial charge in [-0.1, -0.05) is 11.6 Å². The molecular weight excluding hydrogens is 266 g/mol. The maximum absolute atomic E-state index is 11.6. The van der Waals surface area contributed by atoms with Crippen LogP contribution in [0.15, 0.2) is 5.38 Å². The number of ether oxygens (including phenoxy) is 1. The number of esters is 1. The van der Waals surface area contributed by atoms with Crippen molar-refractivity contribution in [2.45, 2.75) is 13.0 Å². The highest BCUT2D eigenvalue weighted by Crippen LogP contribution is 2.26. The summed E-state index contributed by atoms with van der Waals surface area (Å²) in [6.45, 7) is 1.58. The predicted octanol–water partition coefficient (Wildman–Crippen LogP) is 0.974. The summed E-state index contributed by atoms with van der Waals surface area (Å²) >= 11 is 7.11. The van der Waals surface area contributed by atoms with Crippen LogP contribution in [0.3, 0.4) is 0 Å². The molecule has 1 unspecified atom stereocenters. The number of rotatable bonds is 4. The van der Waals surface area contributed by atoms with Crippen molar-refractivity contribution in [3.63, 3.8) is 0 Å². The summed E-state index contributed by atoms with van der Waals surface area (Å²) < 4.78 is 4.31. The van der Waals surface area contributed by atoms with Gasteiger partial charge in [0.05, 0.1) is 18.7 Å². The van der Waals surface area contributed by atoms with Crippen molar-refractivity contribution in [1.82, 2.24) is 5.32 Å². The fraction of sp³-hybridized carbons (Fsp3) is 0.400. The number of carbonyl (C=O) groups is 2. The number of methoxy groups -OCH3 is 1. The molecule has 0 saturated heterocycles. The van der Waals surface area contributed by atoms with Crippen LogP contribution in [0.2, 0.25) is 5.02 Å². The number of hydrogen-bond acceptors (Lipinski definition) is 5. The average molecular weight is 278 g/mol. The number of amides is 1. The van der Waals surface area contributed by atoms with E-state index in [-0.39, 0.29) is 6.54 Å². The molecule has 5 nitrogen and oxygen atoms in total. The Balaban J connectivity index is 2.56. The molecule has 1 rings (SSSR count). The third kappa shape index (κ3) is 3.42. The van der Waals surface area contributed by atoms with Crippen molar-refractivity contribution in [2.75, 3.05) is 13.7 Å². The Hall–Kier alpha value is -1.11. The van der Waals surface area contributed by atoms with E-state index < -0.39 is 18.0 Å². The smallest absolute Gasteiger partial charge is 0.336 e. The Morgan fingerprint density at radius 2 is 2.29 bits per heavy atom. The number of halogens is 1. The summed E-state index contributed by atoms with van der Waals surface area (Å²) in [5, 5.41) is 13.8. The quantitative estimate of drug-likeness (QED) is 0.804. The molecule has 0 spiro atoms. The van der Waals surface area contributed by atoms with Crippen molar-refractivity contribution in [3.05, 3.63) is 20.8 Å². The Morgan fingerprint density at radius 3 is 2.76 bits per heavy atom. The van der Waals surface area contributed by atoms with Gasteiger partial charge in [-0.3, -0.25) is 4.79 Å². The fourth-order valence-corrected chi connectivity index (χ4v) is 2.27. The second-order valence-corrected chi connectivity index (χ2v) is 4.57. The van der Waals surface area contributed by atoms with E-state index in [4.69, 9.17) is 11.6 Å². The second kappa shape index (κ2) is 6.00. The van der Waals surface area contributed by atoms with Gasteiger partial charge in [-0.05, 0) is 17.9 Å². The zero-order valence-corrected chi connectivity index (χ0v) is 10.9. The van der Waals surface area contributed by atoms with Crippen molar-refractivity contribution in [1.29, 1.82) is 0 Å². The normalized spacial score (nSPS) is 12.0. The molecule has 0 aliphatic heterocycles. The number of hydrogen-bond donors (Lipinski definition) is 2. The highest BCUT2D eigenvalue weighted by Gasteiger charge is 2.19. The number of thiophene rings is 1. The van der Waals surface area contributed by atoms with Gasteiger partial charge in [0.2, 0.25) is 0 Å². The molecule has 0 aliphatic rings. The monoisotopic (exact) mass is 277 g/mol. The number of nitrogens with one attached hydrogen (secondary N) is 1. The SMILES string of the molecule is COC(=O)C(O)CNC(=O)c1scc(C)c1Cl. The van der Waals surface area contributed by atoms with Crippen molar-refractivity contribution >= 4 is 34.8 Å². The van der Waals surface area contributed by atoms with Crippen LogP contribution in [0, 0.1) is 6.92 Å². The van der Waals surface area contributed by atoms with Crippen LogP contribution >= 0.6 is 22.9 Å². The summed E-state index contributed by atoms with van der Waals surface area (Å²) in [4.78, 5) is 22.9. The maximum atomic E-state index is 11.6. The molecule has 1 heterocycles. The number of carbonyl (C=O) groups excluding carboxylic acids is 2. The molecule has 0 bridgehead atoms. The van der Waals surface area contributed by atoms with Crippen LogP contribution in [-0.2, 0) is 9.53 Å². The van der Waals surface area contributed by atoms with Crippen molar-refractivity contribution < 1.29 is 19.4 Å². The Labute approximate surface area is 107 Å². The number of aryl methyl sites for hydroxylation is 1. The van der Waals surface area contributed by atoms with E-state index in [1.807, 2.05) is 0 Å². The zero-order chi connectivity index (χ0) is 13.0. The molecule has 0 saturated carbocycles. The third-order valence-corrected chi connectivity index (χ3v) is 3.73. The molecule has 0 aliphatic carbocycles. The average Bonchev–Trinajstić information content (AvgIpc) is 2.65. The summed E-state index contributed by atoms with van der Waals surface area (Å²) in [7, 11) is 1.16. The first-order valence-corrected chi connectivity index (χ1v) is 6.00. The molecule has 1 aromatic rings. The van der Waals surface area contributed by atoms with E-state index in [1.165, 1.54) is 11.3 Å². The van der Waals surface area contributed by atoms with Gasteiger partial charge in [-0.15, -0.1) is 11.3 Å². The highest BCUT2D eigenvalue weighted by atomic mass is 35.5. The largest absolute Gasteiger partial charge is 0.467 e. The van der Waals surface area contributed by atoms with Crippen LogP contribution < -0.4 is 5.32 Å². The Morgan fingerprint density at radius 1 is 1.65 bits per heavy atom. The summed E-state index contributed by atoms with van der Waals surface area (Å²) in [5.74, 6) is -1.21. The van der Waals surface area contributed by atoms with Crippen molar-refractivity contribution in [3.8, 4) is 0 Å². The minimum Gasteiger partial charge on any atom is -0.467 e. The van der Waals surface area contributed by atoms with Gasteiger partial charge in [0.25, 0.3) is 5.91 Å². The van der Waals surface area contributed by atoms with E-state index in [1.54, 1.807) is 12.3 Å². The van der Waals surface area contributed by atoms with Crippen LogP contribution in [0.25, 0.3) is 0 Å². The lowest BCUT2D eigenvalue weighted by Crippen LogP contribution is -2.37. The topological polar surface area (TPSA) is 75.6 Å². The summed E-state index contributed by atoms with van der Waals surface area (Å²) in [6, 6.07) is 0. The van der Waals surface area contributed by atoms with E-state index >= 15 is 0 Å². The fourth-order valence-electron chi connectivity index (χ4n) is 1.07. The molecule has 1 amide bonds. The molecule has 0 fully saturated rings. The van der Waals surface area contributed by atoms with Crippen LogP contribution in [0.4, 0.5) is 0 Å². The lowest BCUT2D eigenvalue weighted by Gasteiger charge is -2.09. The second-order valence-electron chi connectivity index (χ2n) is 3.31. The van der Waals surface area contributed by atoms with Crippen molar-refractivity contribution in [2.24, 2.45) is 0 Å². The van der Waals surface area contributed by atoms with Crippen LogP contribution in [0.5, 0.6) is 0 Å². The molecule has 17 heavy (non-hydrogen) atoms. The molecule has 0 radical (unpaired) electrons. The van der Waals surface area contributed by atoms with Gasteiger partial charge in [-0.2, -0.15) is 0 Å². The molecule has 2 N–H and O–H groups in total. The molecular formula is C10H12ClNO4S. The third-order valence-electron chi connectivity index (χ3n) is 2.03. The molecule has 7 heteroatoms. The van der Waals surface area contributed by atoms with E-state index in [2.05, 4.69) is 10.1 Å². The Bertz CT molecular complexity index is 432. The molecule has 94 valence electrons. The standard InChI is InChI=1S/C10H12ClNO4S/c1-5-4-17-8(7(5)11)9(14)12-3-6(13)10(15)16-2/h4,6,13H,3H2,1-2H3,(H,12,14). The summed E-state index contributed by atoms with van der Waals surface area (Å²) in [5.41, 5.74) is 0.815. The minimum atomic E-state index is -1.37. The molecule has 1 atom stereocenters. The Kier molecular flexibility index (Phi) is 4.92. The maximum Gasteiger partial charge on any atom is 0.336 e. The number of aliphatic hydroxyl groups excluding tert-OH is 1.